The molecule has 0 aliphatic rings. The van der Waals surface area contributed by atoms with Crippen LogP contribution in [0.3, 0.4) is 0 Å². The normalized spacial score (nSPS) is 10.9. The van der Waals surface area contributed by atoms with Gasteiger partial charge in [0.05, 0.1) is 13.7 Å². The van der Waals surface area contributed by atoms with Gasteiger partial charge in [0.1, 0.15) is 0 Å². The van der Waals surface area contributed by atoms with Crippen LogP contribution in [0.25, 0.3) is 0 Å². The lowest BCUT2D eigenvalue weighted by molar-refractivity contribution is -0.137. The Labute approximate surface area is 66.7 Å². The summed E-state index contributed by atoms with van der Waals surface area (Å²) < 4.78 is 4.45. The zero-order valence-electron chi connectivity index (χ0n) is 7.18. The van der Waals surface area contributed by atoms with Crippen LogP contribution < -0.4 is 0 Å². The first kappa shape index (κ1) is 10.2. The molecule has 0 bridgehead atoms. The van der Waals surface area contributed by atoms with Gasteiger partial charge in [0.25, 0.3) is 0 Å². The first-order valence-corrected chi connectivity index (χ1v) is 3.34. The van der Waals surface area contributed by atoms with E-state index in [4.69, 9.17) is 5.11 Å². The van der Waals surface area contributed by atoms with Crippen LogP contribution in [0, 0.1) is 5.41 Å². The fourth-order valence-corrected chi connectivity index (χ4v) is 0.495. The molecule has 1 N–H and O–H groups in total. The fourth-order valence-electron chi connectivity index (χ4n) is 0.495. The highest BCUT2D eigenvalue weighted by molar-refractivity contribution is 5.88. The third-order valence-corrected chi connectivity index (χ3v) is 1.64. The van der Waals surface area contributed by atoms with E-state index < -0.39 is 11.4 Å². The second kappa shape index (κ2) is 3.53. The minimum Gasteiger partial charge on any atom is -0.466 e. The number of methoxy groups -OCH3 is 1. The van der Waals surface area contributed by atoms with Crippen LogP contribution in [-0.2, 0) is 9.53 Å². The molecule has 0 saturated heterocycles. The maximum Gasteiger partial charge on any atom is 0.333 e. The van der Waals surface area contributed by atoms with Crippen molar-refractivity contribution in [2.45, 2.75) is 13.8 Å². The lowest BCUT2D eigenvalue weighted by atomic mass is 9.86. The smallest absolute Gasteiger partial charge is 0.333 e. The predicted octanol–water partition coefficient (Wildman–Crippen LogP) is 0.734. The van der Waals surface area contributed by atoms with Gasteiger partial charge in [0.15, 0.2) is 0 Å². The quantitative estimate of drug-likeness (QED) is 0.486. The molecule has 0 rings (SSSR count). The van der Waals surface area contributed by atoms with Gasteiger partial charge < -0.3 is 9.84 Å². The Morgan fingerprint density at radius 3 is 2.36 bits per heavy atom. The highest BCUT2D eigenvalue weighted by Gasteiger charge is 2.26. The molecule has 0 spiro atoms. The molecule has 0 atom stereocenters. The molecule has 0 radical (unpaired) electrons. The van der Waals surface area contributed by atoms with Crippen molar-refractivity contribution in [2.24, 2.45) is 5.41 Å². The highest BCUT2D eigenvalue weighted by Crippen LogP contribution is 2.24. The molecule has 0 aromatic heterocycles. The minimum absolute atomic E-state index is 0.110. The first-order chi connectivity index (χ1) is 4.95. The van der Waals surface area contributed by atoms with Gasteiger partial charge in [-0.25, -0.2) is 4.79 Å². The molecule has 3 nitrogen and oxygen atoms in total. The van der Waals surface area contributed by atoms with Crippen molar-refractivity contribution in [3.05, 3.63) is 12.2 Å². The summed E-state index contributed by atoms with van der Waals surface area (Å²) in [4.78, 5) is 10.9. The van der Waals surface area contributed by atoms with Gasteiger partial charge in [-0.05, 0) is 0 Å². The van der Waals surface area contributed by atoms with E-state index in [0.717, 1.165) is 0 Å². The van der Waals surface area contributed by atoms with Crippen molar-refractivity contribution in [1.82, 2.24) is 0 Å². The lowest BCUT2D eigenvalue weighted by Crippen LogP contribution is -2.25. The largest absolute Gasteiger partial charge is 0.466 e. The van der Waals surface area contributed by atoms with Crippen molar-refractivity contribution < 1.29 is 14.6 Å². The third kappa shape index (κ3) is 2.35. The van der Waals surface area contributed by atoms with Gasteiger partial charge >= 0.3 is 5.97 Å². The maximum absolute atomic E-state index is 10.9. The number of aliphatic hydroxyl groups excluding tert-OH is 1. The summed E-state index contributed by atoms with van der Waals surface area (Å²) >= 11 is 0. The minimum atomic E-state index is -0.590. The molecule has 0 fully saturated rings. The van der Waals surface area contributed by atoms with E-state index in [2.05, 4.69) is 11.3 Å². The fraction of sp³-hybridized carbons (Fsp3) is 0.625. The highest BCUT2D eigenvalue weighted by atomic mass is 16.5. The number of aliphatic hydroxyl groups is 1. The number of hydrogen-bond acceptors (Lipinski definition) is 3. The maximum atomic E-state index is 10.9. The summed E-state index contributed by atoms with van der Waals surface area (Å²) in [5.74, 6) is -0.468. The molecule has 3 heteroatoms. The van der Waals surface area contributed by atoms with E-state index in [1.54, 1.807) is 13.8 Å². The Morgan fingerprint density at radius 1 is 1.64 bits per heavy atom. The molecular formula is C8H14O3. The Hall–Kier alpha value is -0.830. The average molecular weight is 158 g/mol. The van der Waals surface area contributed by atoms with Gasteiger partial charge in [-0.1, -0.05) is 20.4 Å². The van der Waals surface area contributed by atoms with Crippen LogP contribution in [-0.4, -0.2) is 24.8 Å². The van der Waals surface area contributed by atoms with Gasteiger partial charge in [0.2, 0.25) is 0 Å². The Balaban J connectivity index is 4.36. The molecule has 0 aliphatic carbocycles. The standard InChI is InChI=1S/C8H14O3/c1-6(7(10)11-4)8(2,3)5-9/h9H,1,5H2,2-4H3. The molecule has 0 amide bonds. The average Bonchev–Trinajstić information content (AvgIpc) is 2.01. The van der Waals surface area contributed by atoms with Crippen LogP contribution in [0.1, 0.15) is 13.8 Å². The monoisotopic (exact) mass is 158 g/mol. The number of carbonyl (C=O) groups is 1. The molecule has 0 aliphatic heterocycles. The summed E-state index contributed by atoms with van der Waals surface area (Å²) in [7, 11) is 1.29. The third-order valence-electron chi connectivity index (χ3n) is 1.64. The molecule has 11 heavy (non-hydrogen) atoms. The van der Waals surface area contributed by atoms with Crippen molar-refractivity contribution in [2.75, 3.05) is 13.7 Å². The van der Waals surface area contributed by atoms with E-state index in [1.165, 1.54) is 7.11 Å². The van der Waals surface area contributed by atoms with Crippen LogP contribution >= 0.6 is 0 Å². The zero-order chi connectivity index (χ0) is 9.07. The number of carbonyl (C=O) groups excluding carboxylic acids is 1. The SMILES string of the molecule is C=C(C(=O)OC)C(C)(C)CO. The second-order valence-electron chi connectivity index (χ2n) is 3.01. The first-order valence-electron chi connectivity index (χ1n) is 3.34. The Bertz CT molecular complexity index is 170. The van der Waals surface area contributed by atoms with Crippen LogP contribution in [0.15, 0.2) is 12.2 Å². The molecule has 0 aromatic carbocycles. The lowest BCUT2D eigenvalue weighted by Gasteiger charge is -2.22. The number of rotatable bonds is 3. The Morgan fingerprint density at radius 2 is 2.09 bits per heavy atom. The molecule has 0 aromatic rings. The van der Waals surface area contributed by atoms with E-state index >= 15 is 0 Å². The van der Waals surface area contributed by atoms with Gasteiger partial charge in [-0.15, -0.1) is 0 Å². The predicted molar refractivity (Wildman–Crippen MR) is 42.0 cm³/mol. The van der Waals surface area contributed by atoms with Gasteiger partial charge in [0, 0.05) is 11.0 Å². The van der Waals surface area contributed by atoms with E-state index in [-0.39, 0.29) is 6.61 Å². The summed E-state index contributed by atoms with van der Waals surface area (Å²) in [6.07, 6.45) is 0. The van der Waals surface area contributed by atoms with Crippen molar-refractivity contribution in [1.29, 1.82) is 0 Å². The van der Waals surface area contributed by atoms with Crippen molar-refractivity contribution >= 4 is 5.97 Å². The van der Waals surface area contributed by atoms with E-state index in [1.807, 2.05) is 0 Å². The summed E-state index contributed by atoms with van der Waals surface area (Å²) in [5, 5.41) is 8.84. The van der Waals surface area contributed by atoms with Crippen molar-refractivity contribution in [3.63, 3.8) is 0 Å². The summed E-state index contributed by atoms with van der Waals surface area (Å²) in [6.45, 7) is 6.88. The molecule has 0 saturated carbocycles. The summed E-state index contributed by atoms with van der Waals surface area (Å²) in [6, 6.07) is 0. The number of hydrogen-bond donors (Lipinski definition) is 1. The van der Waals surface area contributed by atoms with Crippen LogP contribution in [0.5, 0.6) is 0 Å². The van der Waals surface area contributed by atoms with Gasteiger partial charge in [-0.3, -0.25) is 0 Å². The van der Waals surface area contributed by atoms with Crippen LogP contribution in [0.2, 0.25) is 0 Å². The van der Waals surface area contributed by atoms with E-state index in [9.17, 15) is 4.79 Å². The molecule has 0 unspecified atom stereocenters. The second-order valence-corrected chi connectivity index (χ2v) is 3.01. The van der Waals surface area contributed by atoms with Gasteiger partial charge in [-0.2, -0.15) is 0 Å². The molecule has 0 heterocycles. The Kier molecular flexibility index (Phi) is 3.26. The summed E-state index contributed by atoms with van der Waals surface area (Å²) in [5.41, 5.74) is -0.296. The molecular weight excluding hydrogens is 144 g/mol. The van der Waals surface area contributed by atoms with E-state index in [0.29, 0.717) is 5.57 Å². The molecule has 64 valence electrons. The topological polar surface area (TPSA) is 46.5 Å². The van der Waals surface area contributed by atoms with Crippen molar-refractivity contribution in [3.8, 4) is 0 Å². The number of ether oxygens (including phenoxy) is 1. The zero-order valence-corrected chi connectivity index (χ0v) is 7.18. The number of esters is 1. The van der Waals surface area contributed by atoms with Crippen LogP contribution in [0.4, 0.5) is 0 Å².